The fourth-order valence-electron chi connectivity index (χ4n) is 3.74. The average Bonchev–Trinajstić information content (AvgIpc) is 2.77. The van der Waals surface area contributed by atoms with Crippen molar-refractivity contribution in [2.24, 2.45) is 0 Å². The maximum absolute atomic E-state index is 6.02. The second-order valence-corrected chi connectivity index (χ2v) is 9.09. The van der Waals surface area contributed by atoms with E-state index in [-0.39, 0.29) is 0 Å². The summed E-state index contributed by atoms with van der Waals surface area (Å²) in [5.41, 5.74) is 4.75. The highest BCUT2D eigenvalue weighted by Gasteiger charge is 2.08. The summed E-state index contributed by atoms with van der Waals surface area (Å²) in [6, 6.07) is 13.1. The molecule has 2 rings (SSSR count). The molecule has 0 radical (unpaired) electrons. The summed E-state index contributed by atoms with van der Waals surface area (Å²) in [6.45, 7) is 17.4. The number of benzene rings is 2. The highest BCUT2D eigenvalue weighted by molar-refractivity contribution is 5.40. The SMILES string of the molecule is Cc1cccc(C)c1OCC(C)NCCCOCCCNC(C)COc1c(C)cccc1C. The van der Waals surface area contributed by atoms with E-state index in [1.807, 2.05) is 0 Å². The van der Waals surface area contributed by atoms with Gasteiger partial charge in [0.1, 0.15) is 24.7 Å². The van der Waals surface area contributed by atoms with E-state index < -0.39 is 0 Å². The van der Waals surface area contributed by atoms with E-state index in [1.54, 1.807) is 0 Å². The first-order valence-electron chi connectivity index (χ1n) is 12.3. The van der Waals surface area contributed by atoms with Gasteiger partial charge in [0.15, 0.2) is 0 Å². The molecule has 0 spiro atoms. The second kappa shape index (κ2) is 14.9. The van der Waals surface area contributed by atoms with Crippen molar-refractivity contribution in [1.82, 2.24) is 10.6 Å². The van der Waals surface area contributed by atoms with Crippen molar-refractivity contribution >= 4 is 0 Å². The third-order valence-electron chi connectivity index (χ3n) is 5.69. The van der Waals surface area contributed by atoms with Crippen LogP contribution in [0.4, 0.5) is 0 Å². The van der Waals surface area contributed by atoms with Crippen LogP contribution in [-0.2, 0) is 4.74 Å². The average molecular weight is 457 g/mol. The van der Waals surface area contributed by atoms with Crippen molar-refractivity contribution in [2.45, 2.75) is 66.5 Å². The van der Waals surface area contributed by atoms with Crippen LogP contribution in [0.1, 0.15) is 48.9 Å². The first kappa shape index (κ1) is 27.2. The number of nitrogens with one attached hydrogen (secondary N) is 2. The number of ether oxygens (including phenoxy) is 3. The van der Waals surface area contributed by atoms with Crippen LogP contribution in [0.5, 0.6) is 11.5 Å². The third-order valence-corrected chi connectivity index (χ3v) is 5.69. The van der Waals surface area contributed by atoms with Gasteiger partial charge < -0.3 is 24.8 Å². The van der Waals surface area contributed by atoms with E-state index in [2.05, 4.69) is 88.6 Å². The Hall–Kier alpha value is -2.08. The minimum atomic E-state index is 0.306. The molecule has 2 aromatic rings. The molecular formula is C28H44N2O3. The van der Waals surface area contributed by atoms with Crippen LogP contribution in [0.25, 0.3) is 0 Å². The van der Waals surface area contributed by atoms with E-state index >= 15 is 0 Å². The Balaban J connectivity index is 1.44. The molecule has 0 aromatic heterocycles. The highest BCUT2D eigenvalue weighted by atomic mass is 16.5. The Morgan fingerprint density at radius 2 is 1.00 bits per heavy atom. The van der Waals surface area contributed by atoms with Crippen molar-refractivity contribution in [1.29, 1.82) is 0 Å². The van der Waals surface area contributed by atoms with Crippen molar-refractivity contribution in [3.05, 3.63) is 58.7 Å². The number of hydrogen-bond acceptors (Lipinski definition) is 5. The minimum absolute atomic E-state index is 0.306. The molecule has 0 heterocycles. The fourth-order valence-corrected chi connectivity index (χ4v) is 3.74. The summed E-state index contributed by atoms with van der Waals surface area (Å²) in [4.78, 5) is 0. The lowest BCUT2D eigenvalue weighted by Crippen LogP contribution is -2.33. The lowest BCUT2D eigenvalue weighted by molar-refractivity contribution is 0.127. The summed E-state index contributed by atoms with van der Waals surface area (Å²) in [5.74, 6) is 2.02. The van der Waals surface area contributed by atoms with Gasteiger partial charge in [-0.25, -0.2) is 0 Å². The van der Waals surface area contributed by atoms with Gasteiger partial charge in [0.05, 0.1) is 0 Å². The summed E-state index contributed by atoms with van der Waals surface area (Å²) in [6.07, 6.45) is 2.00. The molecule has 5 heteroatoms. The van der Waals surface area contributed by atoms with Crippen LogP contribution in [0, 0.1) is 27.7 Å². The normalized spacial score (nSPS) is 13.0. The largest absolute Gasteiger partial charge is 0.491 e. The van der Waals surface area contributed by atoms with Crippen LogP contribution in [-0.4, -0.2) is 51.6 Å². The predicted molar refractivity (Wildman–Crippen MR) is 138 cm³/mol. The summed E-state index contributed by atoms with van der Waals surface area (Å²) < 4.78 is 17.8. The summed E-state index contributed by atoms with van der Waals surface area (Å²) in [5, 5.41) is 7.03. The zero-order valence-electron chi connectivity index (χ0n) is 21.5. The lowest BCUT2D eigenvalue weighted by Gasteiger charge is -2.18. The molecule has 0 saturated heterocycles. The molecule has 0 fully saturated rings. The summed E-state index contributed by atoms with van der Waals surface area (Å²) in [7, 11) is 0. The third kappa shape index (κ3) is 10.2. The van der Waals surface area contributed by atoms with Crippen LogP contribution in [0.2, 0.25) is 0 Å². The van der Waals surface area contributed by atoms with Crippen LogP contribution in [0.15, 0.2) is 36.4 Å². The van der Waals surface area contributed by atoms with E-state index in [9.17, 15) is 0 Å². The molecule has 0 aliphatic rings. The van der Waals surface area contributed by atoms with Gasteiger partial charge in [-0.15, -0.1) is 0 Å². The highest BCUT2D eigenvalue weighted by Crippen LogP contribution is 2.23. The molecule has 2 N–H and O–H groups in total. The molecular weight excluding hydrogens is 412 g/mol. The van der Waals surface area contributed by atoms with Gasteiger partial charge in [0, 0.05) is 25.3 Å². The molecule has 0 bridgehead atoms. The molecule has 0 amide bonds. The Morgan fingerprint density at radius 1 is 0.636 bits per heavy atom. The van der Waals surface area contributed by atoms with Gasteiger partial charge >= 0.3 is 0 Å². The fraction of sp³-hybridized carbons (Fsp3) is 0.571. The number of rotatable bonds is 16. The maximum Gasteiger partial charge on any atom is 0.125 e. The van der Waals surface area contributed by atoms with Gasteiger partial charge in [-0.05, 0) is 89.7 Å². The molecule has 0 saturated carbocycles. The Kier molecular flexibility index (Phi) is 12.3. The van der Waals surface area contributed by atoms with Crippen molar-refractivity contribution in [3.63, 3.8) is 0 Å². The van der Waals surface area contributed by atoms with Gasteiger partial charge in [-0.3, -0.25) is 0 Å². The van der Waals surface area contributed by atoms with Crippen LogP contribution < -0.4 is 20.1 Å². The molecule has 2 unspecified atom stereocenters. The molecule has 2 atom stereocenters. The topological polar surface area (TPSA) is 51.8 Å². The van der Waals surface area contributed by atoms with Gasteiger partial charge in [0.25, 0.3) is 0 Å². The van der Waals surface area contributed by atoms with Crippen LogP contribution >= 0.6 is 0 Å². The van der Waals surface area contributed by atoms with Crippen molar-refractivity contribution in [2.75, 3.05) is 39.5 Å². The van der Waals surface area contributed by atoms with E-state index in [1.165, 1.54) is 22.3 Å². The number of aryl methyl sites for hydroxylation is 4. The molecule has 0 aliphatic heterocycles. The van der Waals surface area contributed by atoms with E-state index in [4.69, 9.17) is 14.2 Å². The second-order valence-electron chi connectivity index (χ2n) is 9.09. The molecule has 5 nitrogen and oxygen atoms in total. The van der Waals surface area contributed by atoms with Crippen LogP contribution in [0.3, 0.4) is 0 Å². The maximum atomic E-state index is 6.02. The smallest absolute Gasteiger partial charge is 0.125 e. The van der Waals surface area contributed by atoms with E-state index in [0.717, 1.165) is 50.6 Å². The van der Waals surface area contributed by atoms with Gasteiger partial charge in [0.2, 0.25) is 0 Å². The predicted octanol–water partition coefficient (Wildman–Crippen LogP) is 5.13. The monoisotopic (exact) mass is 456 g/mol. The number of hydrogen-bond donors (Lipinski definition) is 2. The van der Waals surface area contributed by atoms with Crippen molar-refractivity contribution < 1.29 is 14.2 Å². The van der Waals surface area contributed by atoms with Gasteiger partial charge in [-0.1, -0.05) is 36.4 Å². The summed E-state index contributed by atoms with van der Waals surface area (Å²) >= 11 is 0. The Bertz CT molecular complexity index is 717. The first-order chi connectivity index (χ1) is 15.9. The first-order valence-corrected chi connectivity index (χ1v) is 12.3. The Labute approximate surface area is 201 Å². The number of para-hydroxylation sites is 2. The zero-order chi connectivity index (χ0) is 24.1. The van der Waals surface area contributed by atoms with Gasteiger partial charge in [-0.2, -0.15) is 0 Å². The standard InChI is InChI=1S/C28H44N2O3/c1-21-11-7-12-22(2)27(21)32-19-25(5)29-15-9-17-31-18-10-16-30-26(6)20-33-28-23(3)13-8-14-24(28)4/h7-8,11-14,25-26,29-30H,9-10,15-20H2,1-6H3. The Morgan fingerprint density at radius 3 is 1.36 bits per heavy atom. The van der Waals surface area contributed by atoms with E-state index in [0.29, 0.717) is 25.3 Å². The molecule has 2 aromatic carbocycles. The molecule has 184 valence electrons. The molecule has 33 heavy (non-hydrogen) atoms. The molecule has 0 aliphatic carbocycles. The lowest BCUT2D eigenvalue weighted by atomic mass is 10.1. The quantitative estimate of drug-likeness (QED) is 0.343. The van der Waals surface area contributed by atoms with Crippen molar-refractivity contribution in [3.8, 4) is 11.5 Å². The minimum Gasteiger partial charge on any atom is -0.491 e. The zero-order valence-corrected chi connectivity index (χ0v) is 21.5.